The lowest BCUT2D eigenvalue weighted by molar-refractivity contribution is -0.157. The first kappa shape index (κ1) is 19.6. The van der Waals surface area contributed by atoms with Crippen molar-refractivity contribution in [2.75, 3.05) is 32.7 Å². The third-order valence-electron chi connectivity index (χ3n) is 7.04. The lowest BCUT2D eigenvalue weighted by atomic mass is 9.84. The fourth-order valence-corrected chi connectivity index (χ4v) is 5.16. The van der Waals surface area contributed by atoms with Gasteiger partial charge in [-0.15, -0.1) is 0 Å². The van der Waals surface area contributed by atoms with E-state index >= 15 is 0 Å². The Balaban J connectivity index is 1.12. The SMILES string of the molecule is O=C(C1CC1)N1CC2(C1)OC(=O)N1CCN(Cc3cccc(Oc4ccccc4)c3)CC12. The molecule has 2 aromatic carbocycles. The molecule has 0 radical (unpaired) electrons. The molecule has 4 aliphatic rings. The van der Waals surface area contributed by atoms with Crippen LogP contribution in [0.15, 0.2) is 54.6 Å². The molecule has 3 saturated heterocycles. The lowest BCUT2D eigenvalue weighted by Crippen LogP contribution is -2.72. The Morgan fingerprint density at radius 2 is 1.81 bits per heavy atom. The first-order valence-corrected chi connectivity index (χ1v) is 11.4. The molecule has 1 unspecified atom stereocenters. The van der Waals surface area contributed by atoms with Crippen LogP contribution in [0.2, 0.25) is 0 Å². The molecule has 2 aromatic rings. The second-order valence-corrected chi connectivity index (χ2v) is 9.41. The molecule has 0 N–H and O–H groups in total. The van der Waals surface area contributed by atoms with Crippen LogP contribution in [0.1, 0.15) is 18.4 Å². The van der Waals surface area contributed by atoms with Crippen LogP contribution >= 0.6 is 0 Å². The molecule has 2 amide bonds. The summed E-state index contributed by atoms with van der Waals surface area (Å²) in [5, 5.41) is 0. The number of benzene rings is 2. The highest BCUT2D eigenvalue weighted by molar-refractivity contribution is 5.83. The zero-order chi connectivity index (χ0) is 21.7. The molecule has 32 heavy (non-hydrogen) atoms. The van der Waals surface area contributed by atoms with E-state index in [1.807, 2.05) is 52.3 Å². The number of ether oxygens (including phenoxy) is 2. The van der Waals surface area contributed by atoms with Gasteiger partial charge in [-0.2, -0.15) is 0 Å². The summed E-state index contributed by atoms with van der Waals surface area (Å²) in [5.41, 5.74) is 0.629. The number of para-hydroxylation sites is 1. The van der Waals surface area contributed by atoms with E-state index in [9.17, 15) is 9.59 Å². The minimum atomic E-state index is -0.543. The Morgan fingerprint density at radius 1 is 1.03 bits per heavy atom. The molecule has 6 rings (SSSR count). The topological polar surface area (TPSA) is 62.3 Å². The van der Waals surface area contributed by atoms with E-state index in [1.54, 1.807) is 0 Å². The van der Waals surface area contributed by atoms with Crippen LogP contribution in [-0.2, 0) is 16.1 Å². The molecule has 7 nitrogen and oxygen atoms in total. The van der Waals surface area contributed by atoms with Gasteiger partial charge >= 0.3 is 6.09 Å². The number of hydrogen-bond acceptors (Lipinski definition) is 5. The number of piperazine rings is 1. The van der Waals surface area contributed by atoms with Gasteiger partial charge in [0.25, 0.3) is 0 Å². The standard InChI is InChI=1S/C25H27N3O4/c29-23(19-9-10-19)27-16-25(17-27)22-15-26(11-12-28(22)24(30)32-25)14-18-5-4-8-21(13-18)31-20-6-2-1-3-7-20/h1-8,13,19,22H,9-12,14-17H2. The molecule has 1 aliphatic carbocycles. The summed E-state index contributed by atoms with van der Waals surface area (Å²) in [6, 6.07) is 17.9. The van der Waals surface area contributed by atoms with E-state index in [0.717, 1.165) is 44.0 Å². The van der Waals surface area contributed by atoms with Crippen molar-refractivity contribution in [3.05, 3.63) is 60.2 Å². The van der Waals surface area contributed by atoms with Crippen molar-refractivity contribution in [3.8, 4) is 11.5 Å². The van der Waals surface area contributed by atoms with Crippen molar-refractivity contribution >= 4 is 12.0 Å². The highest BCUT2D eigenvalue weighted by Gasteiger charge is 2.63. The number of carbonyl (C=O) groups is 2. The quantitative estimate of drug-likeness (QED) is 0.725. The molecule has 1 spiro atoms. The first-order chi connectivity index (χ1) is 15.6. The van der Waals surface area contributed by atoms with Gasteiger partial charge in [-0.05, 0) is 42.7 Å². The van der Waals surface area contributed by atoms with Gasteiger partial charge in [0.05, 0.1) is 19.1 Å². The number of carbonyl (C=O) groups excluding carboxylic acids is 2. The molecule has 0 bridgehead atoms. The van der Waals surface area contributed by atoms with Crippen molar-refractivity contribution in [1.82, 2.24) is 14.7 Å². The molecule has 3 aliphatic heterocycles. The molecule has 166 valence electrons. The average molecular weight is 434 g/mol. The van der Waals surface area contributed by atoms with Crippen molar-refractivity contribution in [3.63, 3.8) is 0 Å². The molecular formula is C25H27N3O4. The van der Waals surface area contributed by atoms with Crippen LogP contribution in [0.3, 0.4) is 0 Å². The number of amides is 2. The fourth-order valence-electron chi connectivity index (χ4n) is 5.16. The molecule has 0 aromatic heterocycles. The van der Waals surface area contributed by atoms with Gasteiger partial charge in [0.2, 0.25) is 5.91 Å². The minimum absolute atomic E-state index is 0.00393. The van der Waals surface area contributed by atoms with E-state index in [4.69, 9.17) is 9.47 Å². The Kier molecular flexibility index (Phi) is 4.61. The predicted octanol–water partition coefficient (Wildman–Crippen LogP) is 3.11. The largest absolute Gasteiger partial charge is 0.457 e. The summed E-state index contributed by atoms with van der Waals surface area (Å²) < 4.78 is 11.8. The third-order valence-corrected chi connectivity index (χ3v) is 7.04. The Labute approximate surface area is 187 Å². The monoisotopic (exact) mass is 433 g/mol. The van der Waals surface area contributed by atoms with Gasteiger partial charge in [-0.25, -0.2) is 4.79 Å². The van der Waals surface area contributed by atoms with Gasteiger partial charge in [-0.1, -0.05) is 30.3 Å². The van der Waals surface area contributed by atoms with E-state index < -0.39 is 5.60 Å². The van der Waals surface area contributed by atoms with Crippen molar-refractivity contribution in [1.29, 1.82) is 0 Å². The van der Waals surface area contributed by atoms with E-state index in [1.165, 1.54) is 5.56 Å². The number of nitrogens with zero attached hydrogens (tertiary/aromatic N) is 3. The fraction of sp³-hybridized carbons (Fsp3) is 0.440. The summed E-state index contributed by atoms with van der Waals surface area (Å²) in [5.74, 6) is 2.07. The maximum absolute atomic E-state index is 12.5. The van der Waals surface area contributed by atoms with Gasteiger partial charge in [0.15, 0.2) is 5.60 Å². The summed E-state index contributed by atoms with van der Waals surface area (Å²) >= 11 is 0. The number of rotatable bonds is 5. The van der Waals surface area contributed by atoms with Gasteiger partial charge < -0.3 is 14.4 Å². The van der Waals surface area contributed by atoms with Crippen LogP contribution in [0, 0.1) is 5.92 Å². The summed E-state index contributed by atoms with van der Waals surface area (Å²) in [4.78, 5) is 31.0. The zero-order valence-corrected chi connectivity index (χ0v) is 18.0. The maximum atomic E-state index is 12.5. The van der Waals surface area contributed by atoms with Crippen molar-refractivity contribution in [2.24, 2.45) is 5.92 Å². The second kappa shape index (κ2) is 7.52. The molecule has 3 heterocycles. The number of fused-ring (bicyclic) bond motifs is 2. The van der Waals surface area contributed by atoms with Crippen LogP contribution in [0.5, 0.6) is 11.5 Å². The lowest BCUT2D eigenvalue weighted by Gasteiger charge is -2.51. The Morgan fingerprint density at radius 3 is 2.59 bits per heavy atom. The first-order valence-electron chi connectivity index (χ1n) is 11.4. The van der Waals surface area contributed by atoms with Gasteiger partial charge in [0.1, 0.15) is 11.5 Å². The zero-order valence-electron chi connectivity index (χ0n) is 18.0. The average Bonchev–Trinajstić information content (AvgIpc) is 3.58. The van der Waals surface area contributed by atoms with E-state index in [-0.39, 0.29) is 24.0 Å². The molecule has 1 saturated carbocycles. The Bertz CT molecular complexity index is 1030. The highest BCUT2D eigenvalue weighted by atomic mass is 16.6. The minimum Gasteiger partial charge on any atom is -0.457 e. The number of likely N-dealkylation sites (tertiary alicyclic amines) is 1. The summed E-state index contributed by atoms with van der Waals surface area (Å²) in [6.07, 6.45) is 1.77. The molecule has 4 fully saturated rings. The second-order valence-electron chi connectivity index (χ2n) is 9.41. The highest BCUT2D eigenvalue weighted by Crippen LogP contribution is 2.42. The molecule has 1 atom stereocenters. The van der Waals surface area contributed by atoms with Crippen molar-refractivity contribution in [2.45, 2.75) is 31.0 Å². The van der Waals surface area contributed by atoms with Crippen LogP contribution in [-0.4, -0.2) is 71.1 Å². The van der Waals surface area contributed by atoms with E-state index in [2.05, 4.69) is 17.0 Å². The maximum Gasteiger partial charge on any atom is 0.411 e. The van der Waals surface area contributed by atoms with Crippen LogP contribution in [0.25, 0.3) is 0 Å². The van der Waals surface area contributed by atoms with Crippen LogP contribution in [0.4, 0.5) is 4.79 Å². The summed E-state index contributed by atoms with van der Waals surface area (Å²) in [6.45, 7) is 4.05. The van der Waals surface area contributed by atoms with Crippen LogP contribution < -0.4 is 4.74 Å². The Hall–Kier alpha value is -3.06. The normalized spacial score (nSPS) is 24.1. The number of hydrogen-bond donors (Lipinski definition) is 0. The van der Waals surface area contributed by atoms with E-state index in [0.29, 0.717) is 19.6 Å². The smallest absolute Gasteiger partial charge is 0.411 e. The third kappa shape index (κ3) is 3.50. The van der Waals surface area contributed by atoms with Gasteiger partial charge in [0, 0.05) is 32.1 Å². The summed E-state index contributed by atoms with van der Waals surface area (Å²) in [7, 11) is 0. The van der Waals surface area contributed by atoms with Gasteiger partial charge in [-0.3, -0.25) is 14.6 Å². The van der Waals surface area contributed by atoms with Crippen molar-refractivity contribution < 1.29 is 19.1 Å². The molecular weight excluding hydrogens is 406 g/mol. The molecule has 7 heteroatoms. The predicted molar refractivity (Wildman–Crippen MR) is 117 cm³/mol.